The van der Waals surface area contributed by atoms with Crippen LogP contribution >= 0.6 is 15.6 Å². The van der Waals surface area contributed by atoms with Crippen LogP contribution in [-0.2, 0) is 9.47 Å². The normalized spacial score (nSPS) is 21.0. The third-order valence-electron chi connectivity index (χ3n) is 0.523. The predicted octanol–water partition coefficient (Wildman–Crippen LogP) is 6.54. The van der Waals surface area contributed by atoms with Gasteiger partial charge in [0.1, 0.15) is 13.2 Å². The second kappa shape index (κ2) is 5.30. The van der Waals surface area contributed by atoms with Gasteiger partial charge in [-0.25, -0.2) is 4.79 Å². The molecule has 1 saturated heterocycles. The van der Waals surface area contributed by atoms with Crippen LogP contribution in [0.2, 0.25) is 0 Å². The van der Waals surface area contributed by atoms with Crippen LogP contribution in [0.25, 0.3) is 0 Å². The molecule has 0 bridgehead atoms. The van der Waals surface area contributed by atoms with E-state index in [4.69, 9.17) is 0 Å². The van der Waals surface area contributed by atoms with Gasteiger partial charge in [-0.15, -0.1) is 0 Å². The van der Waals surface area contributed by atoms with E-state index in [1.807, 2.05) is 0 Å². The van der Waals surface area contributed by atoms with E-state index in [1.54, 1.807) is 0 Å². The Morgan fingerprint density at radius 3 is 0.810 bits per heavy atom. The smallest absolute Gasteiger partial charge is 0.431 e. The SMILES string of the molecule is F[P-](F)(F)(F)(F)F.F[P-](F)(F)(F)(F)F.O=C1OCCO1.[Mg+2]. The molecule has 0 aliphatic carbocycles. The molecule has 1 rings (SSSR count). The Morgan fingerprint density at radius 2 is 0.762 bits per heavy atom. The Morgan fingerprint density at radius 1 is 0.619 bits per heavy atom. The van der Waals surface area contributed by atoms with E-state index in [-0.39, 0.29) is 23.1 Å². The van der Waals surface area contributed by atoms with Crippen LogP contribution < -0.4 is 0 Å². The first-order valence-corrected chi connectivity index (χ1v) is 7.77. The molecule has 1 heterocycles. The van der Waals surface area contributed by atoms with Crippen molar-refractivity contribution in [2.45, 2.75) is 0 Å². The molecule has 1 aliphatic rings. The van der Waals surface area contributed by atoms with Gasteiger partial charge >= 0.3 is 95.2 Å². The van der Waals surface area contributed by atoms with Crippen molar-refractivity contribution in [2.75, 3.05) is 13.2 Å². The maximum absolute atomic E-state index is 10.7. The molecule has 0 radical (unpaired) electrons. The van der Waals surface area contributed by atoms with E-state index in [1.165, 1.54) is 0 Å². The fraction of sp³-hybridized carbons (Fsp3) is 0.667. The fourth-order valence-electron chi connectivity index (χ4n) is 0.292. The molecule has 3 nitrogen and oxygen atoms in total. The third-order valence-corrected chi connectivity index (χ3v) is 0.523. The summed E-state index contributed by atoms with van der Waals surface area (Å²) in [5.74, 6) is 0. The fourth-order valence-corrected chi connectivity index (χ4v) is 0.292. The molecule has 0 N–H and O–H groups in total. The Kier molecular flexibility index (Phi) is 6.56. The average Bonchev–Trinajstić information content (AvgIpc) is 2.22. The summed E-state index contributed by atoms with van der Waals surface area (Å²) in [6.07, 6.45) is -0.546. The summed E-state index contributed by atoms with van der Waals surface area (Å²) in [6, 6.07) is 0. The van der Waals surface area contributed by atoms with Crippen molar-refractivity contribution in [3.8, 4) is 0 Å². The number of cyclic esters (lactones) is 2. The van der Waals surface area contributed by atoms with Gasteiger partial charge in [-0.3, -0.25) is 0 Å². The summed E-state index contributed by atoms with van der Waals surface area (Å²) in [6.45, 7) is 0.831. The number of carbonyl (C=O) groups is 1. The zero-order valence-corrected chi connectivity index (χ0v) is 12.5. The molecule has 0 atom stereocenters. The van der Waals surface area contributed by atoms with Gasteiger partial charge in [-0.1, -0.05) is 0 Å². The second-order valence-electron chi connectivity index (χ2n) is 2.86. The standard InChI is InChI=1S/C3H4O3.2F6P.Mg/c4-3-5-1-2-6-3;2*1-7(2,3,4,5)6;/h1-2H2;;;/q;2*-1;+2. The van der Waals surface area contributed by atoms with Crippen LogP contribution in [0.1, 0.15) is 0 Å². The van der Waals surface area contributed by atoms with Gasteiger partial charge in [-0.05, 0) is 0 Å². The Bertz CT molecular complexity index is 304. The van der Waals surface area contributed by atoms with E-state index >= 15 is 0 Å². The summed E-state index contributed by atoms with van der Waals surface area (Å²) in [7, 11) is -21.3. The molecule has 18 heteroatoms. The van der Waals surface area contributed by atoms with Gasteiger partial charge in [0, 0.05) is 0 Å². The summed E-state index contributed by atoms with van der Waals surface area (Å²) in [5, 5.41) is 0. The van der Waals surface area contributed by atoms with Crippen LogP contribution in [0, 0.1) is 0 Å². The van der Waals surface area contributed by atoms with E-state index in [2.05, 4.69) is 9.47 Å². The third kappa shape index (κ3) is 131. The molecule has 0 spiro atoms. The average molecular weight is 402 g/mol. The van der Waals surface area contributed by atoms with Crippen molar-refractivity contribution < 1.29 is 64.6 Å². The zero-order valence-electron chi connectivity index (χ0n) is 9.28. The second-order valence-corrected chi connectivity index (χ2v) is 6.70. The Labute approximate surface area is 123 Å². The maximum Gasteiger partial charge on any atom is 2.00 e. The quantitative estimate of drug-likeness (QED) is 0.200. The molecule has 0 saturated carbocycles. The van der Waals surface area contributed by atoms with Crippen molar-refractivity contribution in [1.29, 1.82) is 0 Å². The van der Waals surface area contributed by atoms with Gasteiger partial charge in [0.25, 0.3) is 0 Å². The van der Waals surface area contributed by atoms with E-state index in [0.29, 0.717) is 13.2 Å². The minimum Gasteiger partial charge on any atom is -0.431 e. The molecular weight excluding hydrogens is 398 g/mol. The van der Waals surface area contributed by atoms with Crippen molar-refractivity contribution in [1.82, 2.24) is 0 Å². The number of halogens is 12. The number of hydrogen-bond donors (Lipinski definition) is 0. The molecule has 0 aromatic carbocycles. The molecule has 1 fully saturated rings. The van der Waals surface area contributed by atoms with Crippen molar-refractivity contribution in [3.05, 3.63) is 0 Å². The number of ether oxygens (including phenoxy) is 2. The molecule has 0 aromatic heterocycles. The van der Waals surface area contributed by atoms with Gasteiger partial charge in [-0.2, -0.15) is 0 Å². The maximum atomic E-state index is 9.87. The largest absolute Gasteiger partial charge is 2.00 e. The molecule has 0 unspecified atom stereocenters. The minimum absolute atomic E-state index is 0. The van der Waals surface area contributed by atoms with Crippen LogP contribution in [0.3, 0.4) is 0 Å². The Hall–Kier alpha value is 0.0562. The summed E-state index contributed by atoms with van der Waals surface area (Å²) in [4.78, 5) is 9.80. The minimum atomic E-state index is -10.7. The van der Waals surface area contributed by atoms with Gasteiger partial charge in [0.2, 0.25) is 0 Å². The first kappa shape index (κ1) is 26.0. The van der Waals surface area contributed by atoms with E-state index in [9.17, 15) is 55.2 Å². The predicted molar refractivity (Wildman–Crippen MR) is 50.2 cm³/mol. The van der Waals surface area contributed by atoms with Gasteiger partial charge in [0.05, 0.1) is 0 Å². The number of hydrogen-bond acceptors (Lipinski definition) is 3. The van der Waals surface area contributed by atoms with Crippen LogP contribution in [-0.4, -0.2) is 42.4 Å². The monoisotopic (exact) mass is 402 g/mol. The summed E-state index contributed by atoms with van der Waals surface area (Å²) < 4.78 is 127. The molecule has 1 aliphatic heterocycles. The Balaban J connectivity index is -0.000000226. The van der Waals surface area contributed by atoms with Gasteiger partial charge < -0.3 is 9.47 Å². The molecule has 0 amide bonds. The van der Waals surface area contributed by atoms with Gasteiger partial charge in [0.15, 0.2) is 0 Å². The van der Waals surface area contributed by atoms with Crippen LogP contribution in [0.5, 0.6) is 0 Å². The zero-order chi connectivity index (χ0) is 17.2. The molecule has 0 aromatic rings. The molecular formula is C3H4F12MgO3P2. The first-order valence-electron chi connectivity index (χ1n) is 3.72. The van der Waals surface area contributed by atoms with Crippen molar-refractivity contribution >= 4 is 44.8 Å². The van der Waals surface area contributed by atoms with Crippen LogP contribution in [0.15, 0.2) is 0 Å². The van der Waals surface area contributed by atoms with Crippen LogP contribution in [0.4, 0.5) is 55.2 Å². The number of rotatable bonds is 0. The summed E-state index contributed by atoms with van der Waals surface area (Å²) >= 11 is 0. The summed E-state index contributed by atoms with van der Waals surface area (Å²) in [5.41, 5.74) is 0. The van der Waals surface area contributed by atoms with Crippen molar-refractivity contribution in [2.24, 2.45) is 0 Å². The topological polar surface area (TPSA) is 35.5 Å². The van der Waals surface area contributed by atoms with E-state index in [0.717, 1.165) is 0 Å². The van der Waals surface area contributed by atoms with Crippen molar-refractivity contribution in [3.63, 3.8) is 0 Å². The molecule has 130 valence electrons. The number of carbonyl (C=O) groups excluding carboxylic acids is 1. The first-order chi connectivity index (χ1) is 7.79. The van der Waals surface area contributed by atoms with E-state index < -0.39 is 21.8 Å². The molecule has 21 heavy (non-hydrogen) atoms.